The topological polar surface area (TPSA) is 75.3 Å². The Kier molecular flexibility index (Phi) is 6.17. The van der Waals surface area contributed by atoms with Crippen LogP contribution in [0.25, 0.3) is 0 Å². The molecule has 5 nitrogen and oxygen atoms in total. The fraction of sp³-hybridized carbons (Fsp3) is 0.133. The molecule has 2 aromatic rings. The molecule has 24 heavy (non-hydrogen) atoms. The highest BCUT2D eigenvalue weighted by atomic mass is 35.5. The zero-order valence-corrected chi connectivity index (χ0v) is 14.6. The molecule has 0 aliphatic carbocycles. The van der Waals surface area contributed by atoms with Gasteiger partial charge in [-0.3, -0.25) is 4.79 Å². The monoisotopic (exact) mass is 390 g/mol. The van der Waals surface area contributed by atoms with Crippen molar-refractivity contribution in [3.05, 3.63) is 63.9 Å². The molecule has 2 aromatic carbocycles. The maximum atomic E-state index is 13.6. The molecule has 0 saturated heterocycles. The maximum absolute atomic E-state index is 13.6. The van der Waals surface area contributed by atoms with E-state index in [1.807, 2.05) is 0 Å². The average molecular weight is 391 g/mol. The van der Waals surface area contributed by atoms with Gasteiger partial charge in [0.05, 0.1) is 15.5 Å². The van der Waals surface area contributed by atoms with E-state index in [2.05, 4.69) is 10.0 Å². The molecular formula is C15H13Cl2FN2O3S. The minimum Gasteiger partial charge on any atom is -0.351 e. The molecule has 9 heteroatoms. The van der Waals surface area contributed by atoms with Gasteiger partial charge in [0.25, 0.3) is 5.91 Å². The molecule has 0 radical (unpaired) electrons. The third kappa shape index (κ3) is 4.67. The summed E-state index contributed by atoms with van der Waals surface area (Å²) in [5, 5.41) is 2.80. The first kappa shape index (κ1) is 18.7. The number of carbonyl (C=O) groups is 1. The van der Waals surface area contributed by atoms with Gasteiger partial charge in [0, 0.05) is 18.1 Å². The van der Waals surface area contributed by atoms with Crippen LogP contribution in [0.5, 0.6) is 0 Å². The largest absolute Gasteiger partial charge is 0.351 e. The van der Waals surface area contributed by atoms with Crippen LogP contribution >= 0.6 is 23.2 Å². The molecule has 0 unspecified atom stereocenters. The number of amides is 1. The Morgan fingerprint density at radius 1 is 1.04 bits per heavy atom. The number of hydrogen-bond acceptors (Lipinski definition) is 3. The summed E-state index contributed by atoms with van der Waals surface area (Å²) in [6.07, 6.45) is 0. The van der Waals surface area contributed by atoms with Crippen molar-refractivity contribution in [3.8, 4) is 0 Å². The molecule has 0 bridgehead atoms. The van der Waals surface area contributed by atoms with E-state index < -0.39 is 21.7 Å². The van der Waals surface area contributed by atoms with E-state index in [0.29, 0.717) is 5.02 Å². The zero-order valence-electron chi connectivity index (χ0n) is 12.2. The highest BCUT2D eigenvalue weighted by Gasteiger charge is 2.16. The zero-order chi connectivity index (χ0) is 17.7. The Bertz CT molecular complexity index is 822. The van der Waals surface area contributed by atoms with Crippen LogP contribution < -0.4 is 10.0 Å². The highest BCUT2D eigenvalue weighted by Crippen LogP contribution is 2.18. The van der Waals surface area contributed by atoms with Gasteiger partial charge < -0.3 is 5.32 Å². The van der Waals surface area contributed by atoms with Crippen LogP contribution in [0.2, 0.25) is 10.0 Å². The van der Waals surface area contributed by atoms with Gasteiger partial charge >= 0.3 is 0 Å². The van der Waals surface area contributed by atoms with Crippen molar-refractivity contribution in [2.45, 2.75) is 4.90 Å². The third-order valence-electron chi connectivity index (χ3n) is 3.02. The van der Waals surface area contributed by atoms with E-state index >= 15 is 0 Å². The molecule has 2 N–H and O–H groups in total. The van der Waals surface area contributed by atoms with E-state index in [4.69, 9.17) is 23.2 Å². The fourth-order valence-corrected chi connectivity index (χ4v) is 3.27. The van der Waals surface area contributed by atoms with Gasteiger partial charge in [-0.1, -0.05) is 29.3 Å². The molecule has 0 atom stereocenters. The molecule has 1 amide bonds. The van der Waals surface area contributed by atoms with Crippen LogP contribution in [0, 0.1) is 5.82 Å². The van der Waals surface area contributed by atoms with Crippen molar-refractivity contribution >= 4 is 39.1 Å². The quantitative estimate of drug-likeness (QED) is 0.744. The van der Waals surface area contributed by atoms with E-state index in [1.165, 1.54) is 36.4 Å². The van der Waals surface area contributed by atoms with Crippen LogP contribution in [0.3, 0.4) is 0 Å². The number of halogens is 3. The normalized spacial score (nSPS) is 11.3. The Hall–Kier alpha value is -1.67. The summed E-state index contributed by atoms with van der Waals surface area (Å²) in [6.45, 7) is -0.0981. The van der Waals surface area contributed by atoms with Gasteiger partial charge in [-0.2, -0.15) is 0 Å². The van der Waals surface area contributed by atoms with Gasteiger partial charge in [-0.25, -0.2) is 17.5 Å². The first-order valence-electron chi connectivity index (χ1n) is 6.79. The molecule has 0 saturated carbocycles. The molecule has 128 valence electrons. The Labute approximate surface area is 148 Å². The number of benzene rings is 2. The summed E-state index contributed by atoms with van der Waals surface area (Å²) >= 11 is 11.5. The summed E-state index contributed by atoms with van der Waals surface area (Å²) < 4.78 is 39.9. The van der Waals surface area contributed by atoms with Gasteiger partial charge in [0.2, 0.25) is 10.0 Å². The molecule has 0 aliphatic rings. The standard InChI is InChI=1S/C15H13Cl2FN2O3S/c16-10-4-6-11(7-5-10)24(22,23)20-9-8-19-15(21)14-12(17)2-1-3-13(14)18/h1-7,20H,8-9H2,(H,19,21). The van der Waals surface area contributed by atoms with Crippen LogP contribution in [0.15, 0.2) is 47.4 Å². The smallest absolute Gasteiger partial charge is 0.255 e. The molecular weight excluding hydrogens is 378 g/mol. The van der Waals surface area contributed by atoms with Crippen molar-refractivity contribution in [1.29, 1.82) is 0 Å². The minimum atomic E-state index is -3.72. The van der Waals surface area contributed by atoms with Crippen molar-refractivity contribution in [2.24, 2.45) is 0 Å². The second kappa shape index (κ2) is 7.94. The lowest BCUT2D eigenvalue weighted by atomic mass is 10.2. The number of nitrogens with one attached hydrogen (secondary N) is 2. The van der Waals surface area contributed by atoms with Crippen LogP contribution in [-0.4, -0.2) is 27.4 Å². The average Bonchev–Trinajstić information content (AvgIpc) is 2.52. The van der Waals surface area contributed by atoms with E-state index in [1.54, 1.807) is 0 Å². The van der Waals surface area contributed by atoms with Gasteiger partial charge in [0.15, 0.2) is 0 Å². The lowest BCUT2D eigenvalue weighted by Crippen LogP contribution is -2.35. The Balaban J connectivity index is 1.91. The lowest BCUT2D eigenvalue weighted by Gasteiger charge is -2.09. The minimum absolute atomic E-state index is 0.0192. The first-order chi connectivity index (χ1) is 11.3. The first-order valence-corrected chi connectivity index (χ1v) is 9.02. The van der Waals surface area contributed by atoms with Crippen LogP contribution in [-0.2, 0) is 10.0 Å². The number of rotatable bonds is 6. The molecule has 0 fully saturated rings. The number of hydrogen-bond donors (Lipinski definition) is 2. The van der Waals surface area contributed by atoms with Gasteiger partial charge in [-0.05, 0) is 36.4 Å². The summed E-state index contributed by atoms with van der Waals surface area (Å²) in [7, 11) is -3.72. The second-order valence-corrected chi connectivity index (χ2v) is 7.31. The predicted molar refractivity (Wildman–Crippen MR) is 90.4 cm³/mol. The van der Waals surface area contributed by atoms with Crippen LogP contribution in [0.4, 0.5) is 4.39 Å². The number of carbonyl (C=O) groups excluding carboxylic acids is 1. The number of sulfonamides is 1. The molecule has 2 rings (SSSR count). The van der Waals surface area contributed by atoms with Crippen molar-refractivity contribution in [1.82, 2.24) is 10.0 Å². The summed E-state index contributed by atoms with van der Waals surface area (Å²) in [6, 6.07) is 9.53. The summed E-state index contributed by atoms with van der Waals surface area (Å²) in [5.74, 6) is -1.47. The molecule has 0 heterocycles. The van der Waals surface area contributed by atoms with Gasteiger partial charge in [-0.15, -0.1) is 0 Å². The highest BCUT2D eigenvalue weighted by molar-refractivity contribution is 7.89. The van der Waals surface area contributed by atoms with E-state index in [0.717, 1.165) is 6.07 Å². The SMILES string of the molecule is O=C(NCCNS(=O)(=O)c1ccc(Cl)cc1)c1c(F)cccc1Cl. The third-order valence-corrected chi connectivity index (χ3v) is 5.06. The Morgan fingerprint density at radius 3 is 2.33 bits per heavy atom. The maximum Gasteiger partial charge on any atom is 0.255 e. The van der Waals surface area contributed by atoms with Crippen LogP contribution in [0.1, 0.15) is 10.4 Å². The van der Waals surface area contributed by atoms with Crippen molar-refractivity contribution < 1.29 is 17.6 Å². The lowest BCUT2D eigenvalue weighted by molar-refractivity contribution is 0.0950. The molecule has 0 aromatic heterocycles. The summed E-state index contributed by atoms with van der Waals surface area (Å²) in [4.78, 5) is 11.9. The Morgan fingerprint density at radius 2 is 1.71 bits per heavy atom. The summed E-state index contributed by atoms with van der Waals surface area (Å²) in [5.41, 5.74) is -0.278. The fourth-order valence-electron chi connectivity index (χ4n) is 1.86. The predicted octanol–water partition coefficient (Wildman–Crippen LogP) is 2.84. The van der Waals surface area contributed by atoms with Crippen molar-refractivity contribution in [2.75, 3.05) is 13.1 Å². The molecule has 0 aliphatic heterocycles. The van der Waals surface area contributed by atoms with Gasteiger partial charge in [0.1, 0.15) is 5.82 Å². The van der Waals surface area contributed by atoms with E-state index in [9.17, 15) is 17.6 Å². The molecule has 0 spiro atoms. The second-order valence-electron chi connectivity index (χ2n) is 4.70. The van der Waals surface area contributed by atoms with E-state index in [-0.39, 0.29) is 28.6 Å². The van der Waals surface area contributed by atoms with Crippen molar-refractivity contribution in [3.63, 3.8) is 0 Å².